The molecule has 0 aromatic heterocycles. The van der Waals surface area contributed by atoms with Gasteiger partial charge < -0.3 is 4.74 Å². The molecule has 0 N–H and O–H groups in total. The van der Waals surface area contributed by atoms with Gasteiger partial charge in [0, 0.05) is 43.2 Å². The molecular formula is C29H36Cl2N2O. The summed E-state index contributed by atoms with van der Waals surface area (Å²) in [6.07, 6.45) is 2.61. The predicted molar refractivity (Wildman–Crippen MR) is 146 cm³/mol. The summed E-state index contributed by atoms with van der Waals surface area (Å²) < 4.78 is 5.94. The summed E-state index contributed by atoms with van der Waals surface area (Å²) in [5.41, 5.74) is 4.15. The minimum Gasteiger partial charge on any atom is -0.494 e. The molecule has 0 bridgehead atoms. The van der Waals surface area contributed by atoms with Crippen LogP contribution < -0.4 is 4.74 Å². The number of ether oxygens (including phenoxy) is 1. The van der Waals surface area contributed by atoms with Crippen LogP contribution in [0.25, 0.3) is 0 Å². The topological polar surface area (TPSA) is 15.7 Å². The summed E-state index contributed by atoms with van der Waals surface area (Å²) in [4.78, 5) is 5.49. The SMILES string of the molecule is CCOc1ccccc1CN1C[C@@H]2CCCN2[C@H](C(c2ccccc2)c2ccccc2)C1.Cl.Cl. The lowest BCUT2D eigenvalue weighted by atomic mass is 9.82. The first kappa shape index (κ1) is 26.6. The van der Waals surface area contributed by atoms with Crippen molar-refractivity contribution in [3.63, 3.8) is 0 Å². The number of rotatable bonds is 7. The summed E-state index contributed by atoms with van der Waals surface area (Å²) in [5, 5.41) is 0. The van der Waals surface area contributed by atoms with Crippen molar-refractivity contribution >= 4 is 24.8 Å². The highest BCUT2D eigenvalue weighted by Crippen LogP contribution is 2.38. The van der Waals surface area contributed by atoms with E-state index in [0.29, 0.717) is 24.6 Å². The van der Waals surface area contributed by atoms with Gasteiger partial charge in [0.15, 0.2) is 0 Å². The maximum absolute atomic E-state index is 5.94. The number of halogens is 2. The van der Waals surface area contributed by atoms with E-state index in [4.69, 9.17) is 4.74 Å². The van der Waals surface area contributed by atoms with Gasteiger partial charge in [-0.15, -0.1) is 24.8 Å². The molecule has 182 valence electrons. The van der Waals surface area contributed by atoms with E-state index in [-0.39, 0.29) is 24.8 Å². The van der Waals surface area contributed by atoms with Crippen LogP contribution in [0.4, 0.5) is 0 Å². The van der Waals surface area contributed by atoms with Gasteiger partial charge in [0.05, 0.1) is 6.61 Å². The van der Waals surface area contributed by atoms with Crippen LogP contribution in [0.15, 0.2) is 84.9 Å². The maximum atomic E-state index is 5.94. The van der Waals surface area contributed by atoms with Crippen LogP contribution in [0.3, 0.4) is 0 Å². The molecule has 3 aromatic carbocycles. The van der Waals surface area contributed by atoms with Crippen LogP contribution in [-0.4, -0.2) is 48.1 Å². The highest BCUT2D eigenvalue weighted by Gasteiger charge is 2.41. The molecule has 0 aliphatic carbocycles. The normalized spacial score (nSPS) is 20.3. The molecule has 2 atom stereocenters. The summed E-state index contributed by atoms with van der Waals surface area (Å²) in [7, 11) is 0. The highest BCUT2D eigenvalue weighted by atomic mass is 35.5. The molecule has 0 spiro atoms. The van der Waals surface area contributed by atoms with Crippen molar-refractivity contribution < 1.29 is 4.74 Å². The Bertz CT molecular complexity index is 962. The number of para-hydroxylation sites is 1. The van der Waals surface area contributed by atoms with Gasteiger partial charge in [0.2, 0.25) is 0 Å². The van der Waals surface area contributed by atoms with Crippen molar-refractivity contribution in [3.05, 3.63) is 102 Å². The summed E-state index contributed by atoms with van der Waals surface area (Å²) in [6, 6.07) is 31.9. The minimum absolute atomic E-state index is 0. The van der Waals surface area contributed by atoms with E-state index in [2.05, 4.69) is 102 Å². The van der Waals surface area contributed by atoms with Crippen molar-refractivity contribution in [2.45, 2.75) is 44.3 Å². The molecule has 2 heterocycles. The molecule has 0 saturated carbocycles. The monoisotopic (exact) mass is 498 g/mol. The average Bonchev–Trinajstić information content (AvgIpc) is 3.31. The van der Waals surface area contributed by atoms with Crippen molar-refractivity contribution in [1.82, 2.24) is 9.80 Å². The van der Waals surface area contributed by atoms with E-state index in [1.165, 1.54) is 36.1 Å². The third-order valence-electron chi connectivity index (χ3n) is 7.13. The minimum atomic E-state index is 0. The molecule has 2 aliphatic rings. The van der Waals surface area contributed by atoms with Gasteiger partial charge in [-0.25, -0.2) is 0 Å². The van der Waals surface area contributed by atoms with Gasteiger partial charge in [-0.05, 0) is 43.5 Å². The number of benzene rings is 3. The maximum Gasteiger partial charge on any atom is 0.123 e. The highest BCUT2D eigenvalue weighted by molar-refractivity contribution is 5.85. The molecule has 2 aliphatic heterocycles. The van der Waals surface area contributed by atoms with Crippen LogP contribution in [0, 0.1) is 0 Å². The number of fused-ring (bicyclic) bond motifs is 1. The molecule has 2 fully saturated rings. The molecule has 34 heavy (non-hydrogen) atoms. The Morgan fingerprint density at radius 1 is 0.824 bits per heavy atom. The number of hydrogen-bond acceptors (Lipinski definition) is 3. The zero-order valence-corrected chi connectivity index (χ0v) is 21.5. The second-order valence-corrected chi connectivity index (χ2v) is 9.14. The predicted octanol–water partition coefficient (Wildman–Crippen LogP) is 6.41. The van der Waals surface area contributed by atoms with Gasteiger partial charge in [-0.1, -0.05) is 78.9 Å². The Hall–Kier alpha value is -2.04. The van der Waals surface area contributed by atoms with Gasteiger partial charge >= 0.3 is 0 Å². The Balaban J connectivity index is 0.00000162. The number of hydrogen-bond donors (Lipinski definition) is 0. The van der Waals surface area contributed by atoms with E-state index >= 15 is 0 Å². The zero-order chi connectivity index (χ0) is 21.8. The number of piperazine rings is 1. The Morgan fingerprint density at radius 3 is 2.09 bits per heavy atom. The van der Waals surface area contributed by atoms with Gasteiger partial charge in [-0.2, -0.15) is 0 Å². The first-order valence-corrected chi connectivity index (χ1v) is 12.1. The van der Waals surface area contributed by atoms with Crippen LogP contribution >= 0.6 is 24.8 Å². The molecule has 2 saturated heterocycles. The molecule has 3 nitrogen and oxygen atoms in total. The molecule has 5 rings (SSSR count). The van der Waals surface area contributed by atoms with E-state index in [1.54, 1.807) is 0 Å². The smallest absolute Gasteiger partial charge is 0.123 e. The van der Waals surface area contributed by atoms with E-state index < -0.39 is 0 Å². The lowest BCUT2D eigenvalue weighted by molar-refractivity contribution is 0.0380. The van der Waals surface area contributed by atoms with Crippen molar-refractivity contribution in [3.8, 4) is 5.75 Å². The van der Waals surface area contributed by atoms with Gasteiger partial charge in [0.25, 0.3) is 0 Å². The number of nitrogens with zero attached hydrogens (tertiary/aromatic N) is 2. The second kappa shape index (κ2) is 12.6. The third-order valence-corrected chi connectivity index (χ3v) is 7.13. The zero-order valence-electron chi connectivity index (χ0n) is 19.9. The van der Waals surface area contributed by atoms with E-state index in [9.17, 15) is 0 Å². The van der Waals surface area contributed by atoms with Crippen molar-refractivity contribution in [2.75, 3.05) is 26.2 Å². The molecule has 0 radical (unpaired) electrons. The van der Waals surface area contributed by atoms with Crippen molar-refractivity contribution in [1.29, 1.82) is 0 Å². The quantitative estimate of drug-likeness (QED) is 0.374. The molecule has 3 aromatic rings. The fourth-order valence-electron chi connectivity index (χ4n) is 5.79. The summed E-state index contributed by atoms with van der Waals surface area (Å²) in [5.74, 6) is 1.41. The second-order valence-electron chi connectivity index (χ2n) is 9.14. The van der Waals surface area contributed by atoms with Crippen molar-refractivity contribution in [2.24, 2.45) is 0 Å². The molecule has 5 heteroatoms. The van der Waals surface area contributed by atoms with E-state index in [1.807, 2.05) is 0 Å². The van der Waals surface area contributed by atoms with Crippen LogP contribution in [0.5, 0.6) is 5.75 Å². The Kier molecular flexibility index (Phi) is 9.85. The molecule has 0 amide bonds. The van der Waals surface area contributed by atoms with Crippen LogP contribution in [0.1, 0.15) is 42.4 Å². The Labute approximate surface area is 216 Å². The van der Waals surface area contributed by atoms with Gasteiger partial charge in [-0.3, -0.25) is 9.80 Å². The van der Waals surface area contributed by atoms with Gasteiger partial charge in [0.1, 0.15) is 5.75 Å². The Morgan fingerprint density at radius 2 is 1.44 bits per heavy atom. The first-order chi connectivity index (χ1) is 15.8. The standard InChI is InChI=1S/C29H34N2O.2ClH/c1-2-32-28-18-10-9-16-25(28)20-30-21-26-17-11-19-31(26)27(22-30)29(23-12-5-3-6-13-23)24-14-7-4-8-15-24;;/h3-10,12-16,18,26-27,29H,2,11,17,19-22H2,1H3;2*1H/t26-,27-;;/m0../s1. The molecular weight excluding hydrogens is 463 g/mol. The average molecular weight is 500 g/mol. The third kappa shape index (κ3) is 5.78. The summed E-state index contributed by atoms with van der Waals surface area (Å²) >= 11 is 0. The lowest BCUT2D eigenvalue weighted by Crippen LogP contribution is -2.57. The van der Waals surface area contributed by atoms with Crippen LogP contribution in [-0.2, 0) is 6.54 Å². The largest absolute Gasteiger partial charge is 0.494 e. The van der Waals surface area contributed by atoms with E-state index in [0.717, 1.165) is 25.4 Å². The first-order valence-electron chi connectivity index (χ1n) is 12.1. The summed E-state index contributed by atoms with van der Waals surface area (Å²) in [6.45, 7) is 7.16. The fourth-order valence-corrected chi connectivity index (χ4v) is 5.79. The van der Waals surface area contributed by atoms with Crippen LogP contribution in [0.2, 0.25) is 0 Å². The fraction of sp³-hybridized carbons (Fsp3) is 0.379. The lowest BCUT2D eigenvalue weighted by Gasteiger charge is -2.47. The molecule has 0 unspecified atom stereocenters.